The average molecular weight is 255 g/mol. The third-order valence-corrected chi connectivity index (χ3v) is 4.20. The van der Waals surface area contributed by atoms with Crippen LogP contribution in [0.25, 0.3) is 0 Å². The van der Waals surface area contributed by atoms with Crippen LogP contribution in [0.1, 0.15) is 46.0 Å². The van der Waals surface area contributed by atoms with Crippen LogP contribution in [0, 0.1) is 11.8 Å². The lowest BCUT2D eigenvalue weighted by Gasteiger charge is -2.36. The van der Waals surface area contributed by atoms with E-state index >= 15 is 0 Å². The highest BCUT2D eigenvalue weighted by molar-refractivity contribution is 5.80. The summed E-state index contributed by atoms with van der Waals surface area (Å²) in [6, 6.07) is 0. The van der Waals surface area contributed by atoms with Crippen LogP contribution in [0.2, 0.25) is 0 Å². The standard InChI is InChI=1S/C14H25NO3/c1-10-7-11(2)9-12(8-10)18-13(16)14(15)3-5-17-6-4-14/h10-12H,3-9,15H2,1-2H3. The zero-order valence-electron chi connectivity index (χ0n) is 11.5. The van der Waals surface area contributed by atoms with Crippen LogP contribution in [0.4, 0.5) is 0 Å². The number of hydrogen-bond donors (Lipinski definition) is 1. The highest BCUT2D eigenvalue weighted by Gasteiger charge is 2.39. The number of carbonyl (C=O) groups excluding carboxylic acids is 1. The first kappa shape index (κ1) is 13.8. The predicted octanol–water partition coefficient (Wildman–Crippen LogP) is 1.86. The van der Waals surface area contributed by atoms with Gasteiger partial charge in [-0.25, -0.2) is 0 Å². The summed E-state index contributed by atoms with van der Waals surface area (Å²) in [4.78, 5) is 12.2. The van der Waals surface area contributed by atoms with Crippen molar-refractivity contribution in [2.75, 3.05) is 13.2 Å². The lowest BCUT2D eigenvalue weighted by Crippen LogP contribution is -2.53. The molecule has 2 N–H and O–H groups in total. The SMILES string of the molecule is CC1CC(C)CC(OC(=O)C2(N)CCOCC2)C1. The van der Waals surface area contributed by atoms with Gasteiger partial charge in [-0.2, -0.15) is 0 Å². The largest absolute Gasteiger partial charge is 0.461 e. The second kappa shape index (κ2) is 5.57. The van der Waals surface area contributed by atoms with Crippen molar-refractivity contribution in [2.24, 2.45) is 17.6 Å². The van der Waals surface area contributed by atoms with Gasteiger partial charge in [0.15, 0.2) is 0 Å². The minimum atomic E-state index is -0.817. The summed E-state index contributed by atoms with van der Waals surface area (Å²) < 4.78 is 10.9. The van der Waals surface area contributed by atoms with E-state index in [4.69, 9.17) is 15.2 Å². The van der Waals surface area contributed by atoms with Gasteiger partial charge in [-0.05, 0) is 43.9 Å². The lowest BCUT2D eigenvalue weighted by molar-refractivity contribution is -0.162. The fraction of sp³-hybridized carbons (Fsp3) is 0.929. The van der Waals surface area contributed by atoms with E-state index in [1.54, 1.807) is 0 Å². The summed E-state index contributed by atoms with van der Waals surface area (Å²) in [7, 11) is 0. The van der Waals surface area contributed by atoms with Crippen LogP contribution < -0.4 is 5.73 Å². The monoisotopic (exact) mass is 255 g/mol. The van der Waals surface area contributed by atoms with E-state index in [0.29, 0.717) is 37.9 Å². The van der Waals surface area contributed by atoms with Gasteiger partial charge in [-0.3, -0.25) is 4.79 Å². The van der Waals surface area contributed by atoms with Crippen molar-refractivity contribution in [2.45, 2.75) is 57.6 Å². The van der Waals surface area contributed by atoms with Gasteiger partial charge < -0.3 is 15.2 Å². The van der Waals surface area contributed by atoms with Crippen LogP contribution in [0.5, 0.6) is 0 Å². The molecule has 0 bridgehead atoms. The molecule has 1 heterocycles. The lowest BCUT2D eigenvalue weighted by atomic mass is 9.81. The molecule has 18 heavy (non-hydrogen) atoms. The Morgan fingerprint density at radius 1 is 1.17 bits per heavy atom. The molecule has 2 atom stereocenters. The fourth-order valence-corrected chi connectivity index (χ4v) is 3.18. The molecular weight excluding hydrogens is 230 g/mol. The Kier molecular flexibility index (Phi) is 4.28. The third kappa shape index (κ3) is 3.23. The molecular formula is C14H25NO3. The van der Waals surface area contributed by atoms with Crippen LogP contribution in [-0.2, 0) is 14.3 Å². The van der Waals surface area contributed by atoms with Gasteiger partial charge in [0.1, 0.15) is 11.6 Å². The third-order valence-electron chi connectivity index (χ3n) is 4.20. The molecule has 0 radical (unpaired) electrons. The van der Waals surface area contributed by atoms with E-state index < -0.39 is 5.54 Å². The highest BCUT2D eigenvalue weighted by Crippen LogP contribution is 2.31. The molecule has 0 aromatic heterocycles. The smallest absolute Gasteiger partial charge is 0.326 e. The molecule has 1 aliphatic heterocycles. The number of rotatable bonds is 2. The van der Waals surface area contributed by atoms with E-state index in [1.165, 1.54) is 6.42 Å². The maximum absolute atomic E-state index is 12.2. The Morgan fingerprint density at radius 2 is 1.72 bits per heavy atom. The maximum atomic E-state index is 12.2. The van der Waals surface area contributed by atoms with E-state index in [1.807, 2.05) is 0 Å². The van der Waals surface area contributed by atoms with Gasteiger partial charge in [0, 0.05) is 13.2 Å². The number of ether oxygens (including phenoxy) is 2. The predicted molar refractivity (Wildman–Crippen MR) is 69.0 cm³/mol. The van der Waals surface area contributed by atoms with Crippen LogP contribution in [0.15, 0.2) is 0 Å². The second-order valence-electron chi connectivity index (χ2n) is 6.21. The Hall–Kier alpha value is -0.610. The molecule has 2 rings (SSSR count). The van der Waals surface area contributed by atoms with Crippen molar-refractivity contribution in [3.05, 3.63) is 0 Å². The molecule has 0 aromatic carbocycles. The molecule has 1 saturated heterocycles. The number of hydrogen-bond acceptors (Lipinski definition) is 4. The van der Waals surface area contributed by atoms with Crippen molar-refractivity contribution in [3.63, 3.8) is 0 Å². The maximum Gasteiger partial charge on any atom is 0.326 e. The van der Waals surface area contributed by atoms with Crippen molar-refractivity contribution in [3.8, 4) is 0 Å². The second-order valence-corrected chi connectivity index (χ2v) is 6.21. The minimum Gasteiger partial charge on any atom is -0.461 e. The molecule has 4 heteroatoms. The van der Waals surface area contributed by atoms with Crippen LogP contribution in [0.3, 0.4) is 0 Å². The van der Waals surface area contributed by atoms with Crippen molar-refractivity contribution < 1.29 is 14.3 Å². The summed E-state index contributed by atoms with van der Waals surface area (Å²) in [5, 5.41) is 0. The summed E-state index contributed by atoms with van der Waals surface area (Å²) in [6.07, 6.45) is 4.38. The molecule has 0 spiro atoms. The van der Waals surface area contributed by atoms with Crippen LogP contribution >= 0.6 is 0 Å². The molecule has 1 aliphatic carbocycles. The van der Waals surface area contributed by atoms with Crippen molar-refractivity contribution in [1.29, 1.82) is 0 Å². The first-order chi connectivity index (χ1) is 8.49. The summed E-state index contributed by atoms with van der Waals surface area (Å²) in [6.45, 7) is 5.57. The van der Waals surface area contributed by atoms with Crippen LogP contribution in [-0.4, -0.2) is 30.8 Å². The van der Waals surface area contributed by atoms with E-state index in [9.17, 15) is 4.79 Å². The Balaban J connectivity index is 1.90. The summed E-state index contributed by atoms with van der Waals surface area (Å²) >= 11 is 0. The van der Waals surface area contributed by atoms with E-state index in [0.717, 1.165) is 12.8 Å². The highest BCUT2D eigenvalue weighted by atomic mass is 16.5. The minimum absolute atomic E-state index is 0.0551. The number of nitrogens with two attached hydrogens (primary N) is 1. The molecule has 104 valence electrons. The molecule has 2 fully saturated rings. The molecule has 1 saturated carbocycles. The first-order valence-electron chi connectivity index (χ1n) is 7.07. The zero-order chi connectivity index (χ0) is 13.2. The van der Waals surface area contributed by atoms with E-state index in [-0.39, 0.29) is 12.1 Å². The summed E-state index contributed by atoms with van der Waals surface area (Å²) in [5.41, 5.74) is 5.32. The molecule has 2 aliphatic rings. The van der Waals surface area contributed by atoms with Gasteiger partial charge >= 0.3 is 5.97 Å². The van der Waals surface area contributed by atoms with Crippen molar-refractivity contribution in [1.82, 2.24) is 0 Å². The van der Waals surface area contributed by atoms with Gasteiger partial charge in [-0.1, -0.05) is 13.8 Å². The van der Waals surface area contributed by atoms with Gasteiger partial charge in [0.2, 0.25) is 0 Å². The Bertz CT molecular complexity index is 289. The normalized spacial score (nSPS) is 36.1. The molecule has 2 unspecified atom stereocenters. The molecule has 0 amide bonds. The fourth-order valence-electron chi connectivity index (χ4n) is 3.18. The molecule has 0 aromatic rings. The van der Waals surface area contributed by atoms with E-state index in [2.05, 4.69) is 13.8 Å². The van der Waals surface area contributed by atoms with Crippen molar-refractivity contribution >= 4 is 5.97 Å². The molecule has 4 nitrogen and oxygen atoms in total. The van der Waals surface area contributed by atoms with Gasteiger partial charge in [0.05, 0.1) is 0 Å². The quantitative estimate of drug-likeness (QED) is 0.765. The first-order valence-corrected chi connectivity index (χ1v) is 7.07. The Labute approximate surface area is 109 Å². The number of esters is 1. The van der Waals surface area contributed by atoms with Gasteiger partial charge in [0.25, 0.3) is 0 Å². The summed E-state index contributed by atoms with van der Waals surface area (Å²) in [5.74, 6) is 1.04. The van der Waals surface area contributed by atoms with Gasteiger partial charge in [-0.15, -0.1) is 0 Å². The topological polar surface area (TPSA) is 61.5 Å². The Morgan fingerprint density at radius 3 is 2.28 bits per heavy atom. The number of carbonyl (C=O) groups is 1. The average Bonchev–Trinajstić information content (AvgIpc) is 2.28. The zero-order valence-corrected chi connectivity index (χ0v) is 11.5.